The molecule has 8 unspecified atom stereocenters. The van der Waals surface area contributed by atoms with Gasteiger partial charge in [-0.3, -0.25) is 0 Å². The SMILES string of the molecule is OC1C(F)C(F)C(C2C(F)C(F)C(F)C(F)C2F)C(F)C1F. The first kappa shape index (κ1) is 17.7. The van der Waals surface area contributed by atoms with Crippen LogP contribution in [0.1, 0.15) is 0 Å². The molecule has 2 saturated carbocycles. The molecule has 2 fully saturated rings. The van der Waals surface area contributed by atoms with Crippen LogP contribution in [0.3, 0.4) is 0 Å². The first-order chi connectivity index (χ1) is 10.1. The minimum absolute atomic E-state index is 2.71. The fourth-order valence-corrected chi connectivity index (χ4v) is 3.13. The first-order valence-corrected chi connectivity index (χ1v) is 6.56. The Bertz CT molecular complexity index is 331. The Morgan fingerprint density at radius 2 is 0.591 bits per heavy atom. The van der Waals surface area contributed by atoms with Crippen molar-refractivity contribution in [2.45, 2.75) is 61.6 Å². The third kappa shape index (κ3) is 2.46. The summed E-state index contributed by atoms with van der Waals surface area (Å²) in [5.41, 5.74) is 0. The van der Waals surface area contributed by atoms with Gasteiger partial charge in [0.1, 0.15) is 30.8 Å². The van der Waals surface area contributed by atoms with Crippen molar-refractivity contribution in [1.29, 1.82) is 0 Å². The van der Waals surface area contributed by atoms with Crippen molar-refractivity contribution in [2.75, 3.05) is 0 Å². The molecule has 0 heterocycles. The summed E-state index contributed by atoms with van der Waals surface area (Å²) >= 11 is 0. The lowest BCUT2D eigenvalue weighted by Gasteiger charge is -2.46. The van der Waals surface area contributed by atoms with E-state index in [-0.39, 0.29) is 0 Å². The molecule has 0 spiro atoms. The van der Waals surface area contributed by atoms with Gasteiger partial charge < -0.3 is 5.11 Å². The van der Waals surface area contributed by atoms with Gasteiger partial charge in [-0.1, -0.05) is 0 Å². The van der Waals surface area contributed by atoms with Crippen LogP contribution in [-0.4, -0.2) is 66.8 Å². The second-order valence-electron chi connectivity index (χ2n) is 5.65. The van der Waals surface area contributed by atoms with E-state index in [1.165, 1.54) is 0 Å². The second-order valence-corrected chi connectivity index (χ2v) is 5.65. The van der Waals surface area contributed by atoms with Crippen LogP contribution in [0.25, 0.3) is 0 Å². The third-order valence-corrected chi connectivity index (χ3v) is 4.39. The predicted molar refractivity (Wildman–Crippen MR) is 57.1 cm³/mol. The van der Waals surface area contributed by atoms with E-state index in [1.807, 2.05) is 0 Å². The molecule has 0 saturated heterocycles. The van der Waals surface area contributed by atoms with Gasteiger partial charge in [-0.2, -0.15) is 0 Å². The lowest BCUT2D eigenvalue weighted by molar-refractivity contribution is -0.175. The van der Waals surface area contributed by atoms with Crippen molar-refractivity contribution in [1.82, 2.24) is 0 Å². The number of halogens is 9. The van der Waals surface area contributed by atoms with Crippen LogP contribution in [0.5, 0.6) is 0 Å². The monoisotopic (exact) mass is 344 g/mol. The summed E-state index contributed by atoms with van der Waals surface area (Å²) in [7, 11) is 0. The van der Waals surface area contributed by atoms with E-state index < -0.39 is 73.5 Å². The van der Waals surface area contributed by atoms with Gasteiger partial charge in [-0.15, -0.1) is 0 Å². The lowest BCUT2D eigenvalue weighted by atomic mass is 9.67. The molecule has 8 atom stereocenters. The van der Waals surface area contributed by atoms with Crippen LogP contribution in [0.2, 0.25) is 0 Å². The van der Waals surface area contributed by atoms with Gasteiger partial charge in [0.15, 0.2) is 30.9 Å². The highest BCUT2D eigenvalue weighted by Crippen LogP contribution is 2.47. The molecule has 2 aliphatic rings. The van der Waals surface area contributed by atoms with Crippen molar-refractivity contribution in [2.24, 2.45) is 11.8 Å². The zero-order valence-electron chi connectivity index (χ0n) is 10.8. The van der Waals surface area contributed by atoms with Crippen molar-refractivity contribution >= 4 is 0 Å². The summed E-state index contributed by atoms with van der Waals surface area (Å²) in [5.74, 6) is -5.46. The summed E-state index contributed by atoms with van der Waals surface area (Å²) in [6, 6.07) is 0. The van der Waals surface area contributed by atoms with Crippen LogP contribution >= 0.6 is 0 Å². The maximum atomic E-state index is 13.8. The molecule has 1 N–H and O–H groups in total. The standard InChI is InChI=1S/C12H13F9O/c13-3-1(4(14)8(18)9(19)7(3)17)2-5(15)10(20)12(22)11(21)6(2)16/h1-12,22H. The fourth-order valence-electron chi connectivity index (χ4n) is 3.13. The molecule has 0 aromatic rings. The minimum atomic E-state index is -3.21. The number of rotatable bonds is 1. The van der Waals surface area contributed by atoms with Gasteiger partial charge in [-0.05, 0) is 0 Å². The maximum absolute atomic E-state index is 13.8. The van der Waals surface area contributed by atoms with Gasteiger partial charge in [0.05, 0.1) is 0 Å². The number of hydrogen-bond acceptors (Lipinski definition) is 1. The zero-order valence-corrected chi connectivity index (χ0v) is 10.8. The van der Waals surface area contributed by atoms with E-state index in [2.05, 4.69) is 0 Å². The Hall–Kier alpha value is -0.670. The Morgan fingerprint density at radius 1 is 0.364 bits per heavy atom. The van der Waals surface area contributed by atoms with Crippen molar-refractivity contribution in [3.05, 3.63) is 0 Å². The van der Waals surface area contributed by atoms with Crippen LogP contribution < -0.4 is 0 Å². The van der Waals surface area contributed by atoms with Gasteiger partial charge >= 0.3 is 0 Å². The average Bonchev–Trinajstić information content (AvgIpc) is 2.50. The van der Waals surface area contributed by atoms with Gasteiger partial charge in [0.2, 0.25) is 0 Å². The minimum Gasteiger partial charge on any atom is -0.387 e. The van der Waals surface area contributed by atoms with Crippen LogP contribution in [0, 0.1) is 11.8 Å². The van der Waals surface area contributed by atoms with Gasteiger partial charge in [0.25, 0.3) is 0 Å². The maximum Gasteiger partial charge on any atom is 0.168 e. The van der Waals surface area contributed by atoms with E-state index in [9.17, 15) is 39.5 Å². The van der Waals surface area contributed by atoms with E-state index in [1.54, 1.807) is 0 Å². The summed E-state index contributed by atoms with van der Waals surface area (Å²) in [4.78, 5) is 0. The fraction of sp³-hybridized carbons (Fsp3) is 1.00. The van der Waals surface area contributed by atoms with Crippen molar-refractivity contribution < 1.29 is 44.6 Å². The van der Waals surface area contributed by atoms with Crippen molar-refractivity contribution in [3.63, 3.8) is 0 Å². The summed E-state index contributed by atoms with van der Waals surface area (Å²) in [5, 5.41) is 8.96. The van der Waals surface area contributed by atoms with Crippen molar-refractivity contribution in [3.8, 4) is 0 Å². The Balaban J connectivity index is 2.35. The van der Waals surface area contributed by atoms with E-state index in [4.69, 9.17) is 5.11 Å². The molecule has 0 aliphatic heterocycles. The number of hydrogen-bond donors (Lipinski definition) is 1. The third-order valence-electron chi connectivity index (χ3n) is 4.39. The summed E-state index contributed by atoms with van der Waals surface area (Å²) in [6.07, 6.45) is -30.9. The van der Waals surface area contributed by atoms with Crippen LogP contribution in [0.15, 0.2) is 0 Å². The molecule has 10 heteroatoms. The highest BCUT2D eigenvalue weighted by Gasteiger charge is 2.63. The molecule has 130 valence electrons. The largest absolute Gasteiger partial charge is 0.387 e. The zero-order chi connectivity index (χ0) is 16.9. The van der Waals surface area contributed by atoms with Crippen LogP contribution in [0.4, 0.5) is 39.5 Å². The second kappa shape index (κ2) is 6.09. The highest BCUT2D eigenvalue weighted by atomic mass is 19.2. The number of aliphatic hydroxyl groups is 1. The molecular weight excluding hydrogens is 331 g/mol. The Kier molecular flexibility index (Phi) is 4.89. The molecule has 2 aliphatic carbocycles. The normalized spacial score (nSPS) is 60.3. The summed E-state index contributed by atoms with van der Waals surface area (Å²) in [6.45, 7) is 0. The average molecular weight is 344 g/mol. The highest BCUT2D eigenvalue weighted by molar-refractivity contribution is 5.09. The Morgan fingerprint density at radius 3 is 0.909 bits per heavy atom. The summed E-state index contributed by atoms with van der Waals surface area (Å²) < 4.78 is 121. The molecule has 2 rings (SSSR count). The lowest BCUT2D eigenvalue weighted by Crippen LogP contribution is -2.64. The molecule has 0 bridgehead atoms. The molecule has 0 amide bonds. The molecule has 0 radical (unpaired) electrons. The van der Waals surface area contributed by atoms with Gasteiger partial charge in [0, 0.05) is 11.8 Å². The quantitative estimate of drug-likeness (QED) is 0.725. The van der Waals surface area contributed by atoms with Crippen LogP contribution in [-0.2, 0) is 0 Å². The topological polar surface area (TPSA) is 20.2 Å². The smallest absolute Gasteiger partial charge is 0.168 e. The van der Waals surface area contributed by atoms with Gasteiger partial charge in [-0.25, -0.2) is 39.5 Å². The Labute approximate surface area is 119 Å². The molecule has 0 aromatic carbocycles. The van der Waals surface area contributed by atoms with E-state index in [0.29, 0.717) is 0 Å². The van der Waals surface area contributed by atoms with E-state index >= 15 is 0 Å². The number of aliphatic hydroxyl groups excluding tert-OH is 1. The predicted octanol–water partition coefficient (Wildman–Crippen LogP) is 2.65. The van der Waals surface area contributed by atoms with E-state index in [0.717, 1.165) is 0 Å². The first-order valence-electron chi connectivity index (χ1n) is 6.56. The molecule has 1 nitrogen and oxygen atoms in total. The number of alkyl halides is 9. The molecular formula is C12H13F9O. The molecule has 22 heavy (non-hydrogen) atoms. The molecule has 0 aromatic heterocycles.